The Hall–Kier alpha value is -0.0800. The van der Waals surface area contributed by atoms with Gasteiger partial charge in [0.25, 0.3) is 0 Å². The van der Waals surface area contributed by atoms with E-state index in [-0.39, 0.29) is 0 Å². The van der Waals surface area contributed by atoms with Gasteiger partial charge in [-0.2, -0.15) is 0 Å². The average Bonchev–Trinajstić information content (AvgIpc) is 2.42. The van der Waals surface area contributed by atoms with Crippen LogP contribution < -0.4 is 11.5 Å². The molecular weight excluding hydrogens is 256 g/mol. The van der Waals surface area contributed by atoms with E-state index in [1.54, 1.807) is 0 Å². The van der Waals surface area contributed by atoms with Crippen molar-refractivity contribution in [2.75, 3.05) is 0 Å². The lowest BCUT2D eigenvalue weighted by Gasteiger charge is -2.45. The van der Waals surface area contributed by atoms with Crippen LogP contribution in [0.3, 0.4) is 0 Å². The quantitative estimate of drug-likeness (QED) is 0.817. The van der Waals surface area contributed by atoms with Gasteiger partial charge < -0.3 is 11.5 Å². The number of nitrogens with two attached hydrogens (primary N) is 2. The molecule has 0 aliphatic heterocycles. The van der Waals surface area contributed by atoms with E-state index in [1.807, 2.05) is 0 Å². The molecule has 2 heteroatoms. The fourth-order valence-corrected chi connectivity index (χ4v) is 5.08. The van der Waals surface area contributed by atoms with Gasteiger partial charge in [-0.05, 0) is 67.6 Å². The van der Waals surface area contributed by atoms with Crippen molar-refractivity contribution < 1.29 is 0 Å². The van der Waals surface area contributed by atoms with E-state index in [0.29, 0.717) is 35.8 Å². The summed E-state index contributed by atoms with van der Waals surface area (Å²) in [6, 6.07) is 0.866. The summed E-state index contributed by atoms with van der Waals surface area (Å²) in [6.07, 6.45) is 9.39. The molecule has 4 atom stereocenters. The largest absolute Gasteiger partial charge is 0.327 e. The van der Waals surface area contributed by atoms with Crippen molar-refractivity contribution in [1.82, 2.24) is 0 Å². The predicted octanol–water partition coefficient (Wildman–Crippen LogP) is 4.18. The Morgan fingerprint density at radius 2 is 1.38 bits per heavy atom. The first-order valence-corrected chi connectivity index (χ1v) is 9.41. The van der Waals surface area contributed by atoms with Crippen molar-refractivity contribution in [3.8, 4) is 0 Å². The summed E-state index contributed by atoms with van der Waals surface area (Å²) in [4.78, 5) is 0. The molecule has 0 aromatic rings. The molecule has 0 aromatic heterocycles. The summed E-state index contributed by atoms with van der Waals surface area (Å²) < 4.78 is 0. The minimum absolute atomic E-state index is 0.404. The lowest BCUT2D eigenvalue weighted by molar-refractivity contribution is 0.0784. The maximum atomic E-state index is 6.62. The number of rotatable bonds is 4. The van der Waals surface area contributed by atoms with Crippen LogP contribution in [0.2, 0.25) is 0 Å². The third kappa shape index (κ3) is 4.22. The Bertz CT molecular complexity index is 295. The first-order valence-electron chi connectivity index (χ1n) is 9.41. The molecule has 0 radical (unpaired) electrons. The van der Waals surface area contributed by atoms with Crippen LogP contribution in [-0.4, -0.2) is 12.1 Å². The van der Waals surface area contributed by atoms with Crippen molar-refractivity contribution >= 4 is 0 Å². The van der Waals surface area contributed by atoms with E-state index in [9.17, 15) is 0 Å². The standard InChI is InChI=1S/C19H38N2/c1-12(2)16-10-14(11-17(13(3)4)19(16)21)9-15-7-5-6-8-18(15)20/h12-19H,5-11,20-21H2,1-4H3. The van der Waals surface area contributed by atoms with Gasteiger partial charge in [-0.25, -0.2) is 0 Å². The van der Waals surface area contributed by atoms with Crippen molar-refractivity contribution in [3.05, 3.63) is 0 Å². The second-order valence-corrected chi connectivity index (χ2v) is 8.67. The molecule has 124 valence electrons. The highest BCUT2D eigenvalue weighted by Crippen LogP contribution is 2.43. The first kappa shape index (κ1) is 17.3. The van der Waals surface area contributed by atoms with E-state index >= 15 is 0 Å². The van der Waals surface area contributed by atoms with E-state index in [0.717, 1.165) is 11.8 Å². The molecule has 0 heterocycles. The van der Waals surface area contributed by atoms with Crippen molar-refractivity contribution in [3.63, 3.8) is 0 Å². The zero-order valence-electron chi connectivity index (χ0n) is 14.7. The van der Waals surface area contributed by atoms with Gasteiger partial charge in [0.05, 0.1) is 0 Å². The summed E-state index contributed by atoms with van der Waals surface area (Å²) in [6.45, 7) is 9.43. The molecule has 2 saturated carbocycles. The normalized spacial score (nSPS) is 41.7. The molecule has 2 rings (SSSR count). The van der Waals surface area contributed by atoms with E-state index < -0.39 is 0 Å². The lowest BCUT2D eigenvalue weighted by atomic mass is 9.63. The first-order chi connectivity index (χ1) is 9.90. The molecule has 0 aromatic carbocycles. The highest BCUT2D eigenvalue weighted by atomic mass is 14.7. The molecule has 2 fully saturated rings. The maximum absolute atomic E-state index is 6.62. The van der Waals surface area contributed by atoms with Gasteiger partial charge in [0.1, 0.15) is 0 Å². The maximum Gasteiger partial charge on any atom is 0.0101 e. The summed E-state index contributed by atoms with van der Waals surface area (Å²) >= 11 is 0. The van der Waals surface area contributed by atoms with Gasteiger partial charge in [-0.15, -0.1) is 0 Å². The Morgan fingerprint density at radius 1 is 0.857 bits per heavy atom. The molecule has 2 nitrogen and oxygen atoms in total. The van der Waals surface area contributed by atoms with Crippen LogP contribution in [0.1, 0.15) is 72.6 Å². The van der Waals surface area contributed by atoms with Crippen LogP contribution in [0.25, 0.3) is 0 Å². The molecule has 0 bridgehead atoms. The van der Waals surface area contributed by atoms with Crippen molar-refractivity contribution in [1.29, 1.82) is 0 Å². The van der Waals surface area contributed by atoms with Gasteiger partial charge in [0.15, 0.2) is 0 Å². The smallest absolute Gasteiger partial charge is 0.0101 e. The second kappa shape index (κ2) is 7.46. The number of hydrogen-bond acceptors (Lipinski definition) is 2. The molecule has 2 aliphatic rings. The Labute approximate surface area is 132 Å². The highest BCUT2D eigenvalue weighted by molar-refractivity contribution is 4.93. The molecule has 0 saturated heterocycles. The summed E-state index contributed by atoms with van der Waals surface area (Å²) in [5.74, 6) is 4.47. The van der Waals surface area contributed by atoms with Gasteiger partial charge in [-0.3, -0.25) is 0 Å². The molecule has 0 amide bonds. The fourth-order valence-electron chi connectivity index (χ4n) is 5.08. The molecule has 0 spiro atoms. The summed E-state index contributed by atoms with van der Waals surface area (Å²) in [5, 5.41) is 0. The van der Waals surface area contributed by atoms with E-state index in [1.165, 1.54) is 44.9 Å². The highest BCUT2D eigenvalue weighted by Gasteiger charge is 2.39. The Morgan fingerprint density at radius 3 is 1.86 bits per heavy atom. The van der Waals surface area contributed by atoms with Crippen LogP contribution in [-0.2, 0) is 0 Å². The van der Waals surface area contributed by atoms with Gasteiger partial charge >= 0.3 is 0 Å². The Balaban J connectivity index is 2.01. The fraction of sp³-hybridized carbons (Fsp3) is 1.00. The number of hydrogen-bond donors (Lipinski definition) is 2. The van der Waals surface area contributed by atoms with Gasteiger partial charge in [-0.1, -0.05) is 40.5 Å². The van der Waals surface area contributed by atoms with Crippen LogP contribution in [0.15, 0.2) is 0 Å². The third-order valence-corrected chi connectivity index (χ3v) is 6.52. The van der Waals surface area contributed by atoms with Crippen LogP contribution in [0.4, 0.5) is 0 Å². The Kier molecular flexibility index (Phi) is 6.14. The minimum atomic E-state index is 0.404. The average molecular weight is 295 g/mol. The zero-order chi connectivity index (χ0) is 15.6. The topological polar surface area (TPSA) is 52.0 Å². The van der Waals surface area contributed by atoms with Gasteiger partial charge in [0.2, 0.25) is 0 Å². The van der Waals surface area contributed by atoms with Crippen molar-refractivity contribution in [2.24, 2.45) is 47.0 Å². The molecule has 21 heavy (non-hydrogen) atoms. The minimum Gasteiger partial charge on any atom is -0.327 e. The summed E-state index contributed by atoms with van der Waals surface area (Å²) in [5.41, 5.74) is 13.0. The SMILES string of the molecule is CC(C)C1CC(CC2CCCCC2N)CC(C(C)C)C1N. The lowest BCUT2D eigenvalue weighted by Crippen LogP contribution is -2.48. The zero-order valence-corrected chi connectivity index (χ0v) is 14.7. The van der Waals surface area contributed by atoms with Crippen LogP contribution in [0, 0.1) is 35.5 Å². The third-order valence-electron chi connectivity index (χ3n) is 6.52. The van der Waals surface area contributed by atoms with Crippen LogP contribution >= 0.6 is 0 Å². The van der Waals surface area contributed by atoms with E-state index in [4.69, 9.17) is 11.5 Å². The second-order valence-electron chi connectivity index (χ2n) is 8.67. The molecular formula is C19H38N2. The van der Waals surface area contributed by atoms with Crippen molar-refractivity contribution in [2.45, 2.75) is 84.7 Å². The molecule has 4 unspecified atom stereocenters. The van der Waals surface area contributed by atoms with E-state index in [2.05, 4.69) is 27.7 Å². The van der Waals surface area contributed by atoms with Crippen LogP contribution in [0.5, 0.6) is 0 Å². The summed E-state index contributed by atoms with van der Waals surface area (Å²) in [7, 11) is 0. The molecule has 2 aliphatic carbocycles. The van der Waals surface area contributed by atoms with Gasteiger partial charge in [0, 0.05) is 12.1 Å². The molecule has 4 N–H and O–H groups in total. The monoisotopic (exact) mass is 294 g/mol. The predicted molar refractivity (Wildman–Crippen MR) is 91.9 cm³/mol.